The minimum Gasteiger partial charge on any atom is -0.311 e. The van der Waals surface area contributed by atoms with Crippen LogP contribution in [0.3, 0.4) is 0 Å². The van der Waals surface area contributed by atoms with Crippen LogP contribution in [0.2, 0.25) is 0 Å². The van der Waals surface area contributed by atoms with Gasteiger partial charge in [-0.15, -0.1) is 11.6 Å². The van der Waals surface area contributed by atoms with Crippen LogP contribution in [0.15, 0.2) is 12.1 Å². The Morgan fingerprint density at radius 1 is 1.20 bits per heavy atom. The summed E-state index contributed by atoms with van der Waals surface area (Å²) in [6, 6.07) is 4.02. The fraction of sp³-hybridized carbons (Fsp3) is 0.625. The minimum absolute atomic E-state index is 0.118. The molecule has 0 bridgehead atoms. The second-order valence-corrected chi connectivity index (χ2v) is 7.27. The van der Waals surface area contributed by atoms with Gasteiger partial charge in [0, 0.05) is 12.2 Å². The number of nitrogens with zero attached hydrogens (tertiary/aromatic N) is 3. The van der Waals surface area contributed by atoms with Crippen molar-refractivity contribution in [2.45, 2.75) is 53.5 Å². The highest BCUT2D eigenvalue weighted by molar-refractivity contribution is 6.20. The molecule has 0 N–H and O–H groups in total. The maximum Gasteiger partial charge on any atom is 0.160 e. The van der Waals surface area contributed by atoms with Gasteiger partial charge >= 0.3 is 0 Å². The Morgan fingerprint density at radius 2 is 1.85 bits per heavy atom. The third-order valence-corrected chi connectivity index (χ3v) is 4.44. The summed E-state index contributed by atoms with van der Waals surface area (Å²) in [4.78, 5) is 9.33. The van der Waals surface area contributed by atoms with Gasteiger partial charge in [-0.1, -0.05) is 27.7 Å². The summed E-state index contributed by atoms with van der Waals surface area (Å²) in [6.45, 7) is 13.9. The van der Waals surface area contributed by atoms with Gasteiger partial charge in [0.1, 0.15) is 11.3 Å². The molecule has 2 aromatic heterocycles. The first kappa shape index (κ1) is 15.3. The molecule has 0 saturated carbocycles. The molecule has 0 spiro atoms. The summed E-state index contributed by atoms with van der Waals surface area (Å²) in [7, 11) is 0. The average Bonchev–Trinajstić information content (AvgIpc) is 2.67. The van der Waals surface area contributed by atoms with E-state index in [1.54, 1.807) is 0 Å². The lowest BCUT2D eigenvalue weighted by atomic mass is 9.81. The second kappa shape index (κ2) is 5.36. The van der Waals surface area contributed by atoms with Crippen LogP contribution >= 0.6 is 11.6 Å². The Kier molecular flexibility index (Phi) is 4.10. The van der Waals surface area contributed by atoms with Crippen LogP contribution in [0, 0.1) is 18.3 Å². The van der Waals surface area contributed by atoms with Crippen molar-refractivity contribution in [1.29, 1.82) is 0 Å². The Labute approximate surface area is 126 Å². The third kappa shape index (κ3) is 2.83. The molecule has 0 aliphatic carbocycles. The highest BCUT2D eigenvalue weighted by Gasteiger charge is 2.26. The summed E-state index contributed by atoms with van der Waals surface area (Å²) >= 11 is 6.32. The van der Waals surface area contributed by atoms with E-state index >= 15 is 0 Å². The number of hydrogen-bond donors (Lipinski definition) is 0. The van der Waals surface area contributed by atoms with E-state index in [4.69, 9.17) is 11.6 Å². The van der Waals surface area contributed by atoms with Crippen molar-refractivity contribution in [1.82, 2.24) is 14.5 Å². The molecule has 0 aliphatic rings. The van der Waals surface area contributed by atoms with Gasteiger partial charge in [0.2, 0.25) is 0 Å². The van der Waals surface area contributed by atoms with E-state index in [2.05, 4.69) is 42.2 Å². The Bertz CT molecular complexity index is 611. The standard InChI is InChI=1S/C16H24ClN3/c1-10(2)16(5,6)9-20-14(12(4)17)19-13-8-7-11(3)18-15(13)20/h7-8,10,12H,9H2,1-6H3. The lowest BCUT2D eigenvalue weighted by molar-refractivity contribution is 0.210. The summed E-state index contributed by atoms with van der Waals surface area (Å²) in [6.07, 6.45) is 0. The Balaban J connectivity index is 2.59. The molecule has 3 nitrogen and oxygen atoms in total. The molecule has 4 heteroatoms. The monoisotopic (exact) mass is 293 g/mol. The van der Waals surface area contributed by atoms with Gasteiger partial charge in [0.25, 0.3) is 0 Å². The van der Waals surface area contributed by atoms with E-state index < -0.39 is 0 Å². The van der Waals surface area contributed by atoms with Crippen molar-refractivity contribution in [3.63, 3.8) is 0 Å². The number of alkyl halides is 1. The van der Waals surface area contributed by atoms with Crippen molar-refractivity contribution >= 4 is 22.8 Å². The van der Waals surface area contributed by atoms with Gasteiger partial charge in [-0.2, -0.15) is 0 Å². The van der Waals surface area contributed by atoms with E-state index in [1.165, 1.54) is 0 Å². The van der Waals surface area contributed by atoms with Crippen molar-refractivity contribution < 1.29 is 0 Å². The van der Waals surface area contributed by atoms with Gasteiger partial charge in [0.05, 0.1) is 5.38 Å². The molecule has 2 heterocycles. The third-order valence-electron chi connectivity index (χ3n) is 4.25. The van der Waals surface area contributed by atoms with Crippen molar-refractivity contribution in [2.24, 2.45) is 11.3 Å². The maximum absolute atomic E-state index is 6.32. The van der Waals surface area contributed by atoms with E-state index in [-0.39, 0.29) is 10.8 Å². The van der Waals surface area contributed by atoms with E-state index in [9.17, 15) is 0 Å². The predicted molar refractivity (Wildman–Crippen MR) is 85.2 cm³/mol. The molecule has 0 aliphatic heterocycles. The normalized spacial score (nSPS) is 14.2. The average molecular weight is 294 g/mol. The first-order chi connectivity index (χ1) is 9.22. The van der Waals surface area contributed by atoms with Gasteiger partial charge in [0.15, 0.2) is 5.65 Å². The molecule has 0 amide bonds. The molecule has 110 valence electrons. The minimum atomic E-state index is -0.118. The van der Waals surface area contributed by atoms with Crippen molar-refractivity contribution in [3.8, 4) is 0 Å². The fourth-order valence-electron chi connectivity index (χ4n) is 2.16. The molecule has 20 heavy (non-hydrogen) atoms. The number of aromatic nitrogens is 3. The molecule has 0 fully saturated rings. The number of rotatable bonds is 4. The first-order valence-electron chi connectivity index (χ1n) is 7.20. The molecule has 1 unspecified atom stereocenters. The van der Waals surface area contributed by atoms with Gasteiger partial charge in [-0.25, -0.2) is 9.97 Å². The molecule has 2 aromatic rings. The van der Waals surface area contributed by atoms with Crippen LogP contribution in [0.25, 0.3) is 11.2 Å². The summed E-state index contributed by atoms with van der Waals surface area (Å²) in [5.74, 6) is 1.48. The molecule has 0 radical (unpaired) electrons. The van der Waals surface area contributed by atoms with E-state index in [1.807, 2.05) is 26.0 Å². The highest BCUT2D eigenvalue weighted by Crippen LogP contribution is 2.32. The SMILES string of the molecule is Cc1ccc2nc(C(C)Cl)n(CC(C)(C)C(C)C)c2n1. The number of halogens is 1. The maximum atomic E-state index is 6.32. The molecule has 0 aromatic carbocycles. The highest BCUT2D eigenvalue weighted by atomic mass is 35.5. The lowest BCUT2D eigenvalue weighted by Gasteiger charge is -2.30. The molecular weight excluding hydrogens is 270 g/mol. The topological polar surface area (TPSA) is 30.7 Å². The van der Waals surface area contributed by atoms with Crippen LogP contribution in [0.4, 0.5) is 0 Å². The van der Waals surface area contributed by atoms with Crippen LogP contribution < -0.4 is 0 Å². The molecule has 1 atom stereocenters. The zero-order valence-corrected chi connectivity index (χ0v) is 14.0. The van der Waals surface area contributed by atoms with Crippen LogP contribution in [-0.2, 0) is 6.54 Å². The number of pyridine rings is 1. The Morgan fingerprint density at radius 3 is 2.40 bits per heavy atom. The smallest absolute Gasteiger partial charge is 0.160 e. The zero-order valence-electron chi connectivity index (χ0n) is 13.2. The predicted octanol–water partition coefficient (Wildman–Crippen LogP) is 4.72. The molecular formula is C16H24ClN3. The van der Waals surface area contributed by atoms with Gasteiger partial charge < -0.3 is 4.57 Å². The fourth-order valence-corrected chi connectivity index (χ4v) is 2.33. The van der Waals surface area contributed by atoms with Gasteiger partial charge in [-0.3, -0.25) is 0 Å². The van der Waals surface area contributed by atoms with E-state index in [0.29, 0.717) is 5.92 Å². The second-order valence-electron chi connectivity index (χ2n) is 6.61. The lowest BCUT2D eigenvalue weighted by Crippen LogP contribution is -2.26. The number of aryl methyl sites for hydroxylation is 1. The largest absolute Gasteiger partial charge is 0.311 e. The van der Waals surface area contributed by atoms with Crippen LogP contribution in [0.1, 0.15) is 51.5 Å². The van der Waals surface area contributed by atoms with Gasteiger partial charge in [-0.05, 0) is 37.3 Å². The van der Waals surface area contributed by atoms with Crippen LogP contribution in [-0.4, -0.2) is 14.5 Å². The summed E-state index contributed by atoms with van der Waals surface area (Å²) in [5, 5.41) is -0.118. The summed E-state index contributed by atoms with van der Waals surface area (Å²) < 4.78 is 2.19. The first-order valence-corrected chi connectivity index (χ1v) is 7.64. The summed E-state index contributed by atoms with van der Waals surface area (Å²) in [5.41, 5.74) is 3.05. The van der Waals surface area contributed by atoms with Crippen LogP contribution in [0.5, 0.6) is 0 Å². The Hall–Kier alpha value is -1.09. The quantitative estimate of drug-likeness (QED) is 0.764. The van der Waals surface area contributed by atoms with E-state index in [0.717, 1.165) is 29.2 Å². The molecule has 0 saturated heterocycles. The zero-order chi connectivity index (χ0) is 15.1. The molecule has 2 rings (SSSR count). The van der Waals surface area contributed by atoms with Crippen molar-refractivity contribution in [2.75, 3.05) is 0 Å². The number of hydrogen-bond acceptors (Lipinski definition) is 2. The van der Waals surface area contributed by atoms with Crippen molar-refractivity contribution in [3.05, 3.63) is 23.7 Å². The number of imidazole rings is 1. The number of fused-ring (bicyclic) bond motifs is 1.